The number of esters is 2. The molecule has 0 aromatic rings. The molecule has 0 fully saturated rings. The van der Waals surface area contributed by atoms with Crippen LogP contribution in [0.25, 0.3) is 0 Å². The van der Waals surface area contributed by atoms with E-state index in [0.29, 0.717) is 13.0 Å². The molecule has 0 aliphatic rings. The Kier molecular flexibility index (Phi) is 50.1. The Hall–Kier alpha value is -3.96. The van der Waals surface area contributed by atoms with Crippen molar-refractivity contribution in [3.05, 3.63) is 134 Å². The van der Waals surface area contributed by atoms with Gasteiger partial charge in [0, 0.05) is 13.0 Å². The number of unbranched alkanes of at least 4 members (excludes halogenated alkanes) is 13. The predicted octanol–water partition coefficient (Wildman–Crippen LogP) is 17.6. The van der Waals surface area contributed by atoms with Crippen LogP contribution in [0.4, 0.5) is 0 Å². The molecule has 0 aliphatic heterocycles. The summed E-state index contributed by atoms with van der Waals surface area (Å²) < 4.78 is 17.2. The summed E-state index contributed by atoms with van der Waals surface area (Å²) in [6.45, 7) is 7.40. The molecule has 0 saturated heterocycles. The molecule has 0 rings (SSSR count). The minimum atomic E-state index is -0.628. The molecule has 0 bridgehead atoms. The molecule has 5 heteroatoms. The maximum atomic E-state index is 12.7. The number of carbonyl (C=O) groups is 2. The topological polar surface area (TPSA) is 61.8 Å². The molecule has 0 aromatic carbocycles. The maximum absolute atomic E-state index is 12.7. The second kappa shape index (κ2) is 53.4. The van der Waals surface area contributed by atoms with E-state index in [-0.39, 0.29) is 38.0 Å². The van der Waals surface area contributed by atoms with Gasteiger partial charge in [0.25, 0.3) is 0 Å². The normalized spacial score (nSPS) is 13.4. The van der Waals surface area contributed by atoms with Gasteiger partial charge in [-0.3, -0.25) is 9.59 Å². The molecule has 0 heterocycles. The number of allylic oxidation sites excluding steroid dienone is 21. The van der Waals surface area contributed by atoms with E-state index in [1.54, 1.807) is 0 Å². The lowest BCUT2D eigenvalue weighted by atomic mass is 10.0. The van der Waals surface area contributed by atoms with E-state index in [0.717, 1.165) is 83.5 Å². The van der Waals surface area contributed by atoms with Crippen LogP contribution in [0.3, 0.4) is 0 Å². The van der Waals surface area contributed by atoms with Crippen LogP contribution in [0.1, 0.15) is 201 Å². The molecule has 0 amide bonds. The number of rotatable bonds is 45. The first-order valence-corrected chi connectivity index (χ1v) is 25.7. The van der Waals surface area contributed by atoms with Crippen molar-refractivity contribution >= 4 is 11.9 Å². The third kappa shape index (κ3) is 50.7. The minimum absolute atomic E-state index is 0.00126. The van der Waals surface area contributed by atoms with Crippen LogP contribution in [0.5, 0.6) is 0 Å². The first-order chi connectivity index (χ1) is 31.6. The molecule has 0 aromatic heterocycles. The molecule has 0 spiro atoms. The Morgan fingerprint density at radius 3 is 1.11 bits per heavy atom. The maximum Gasteiger partial charge on any atom is 0.310 e. The molecule has 1 atom stereocenters. The summed E-state index contributed by atoms with van der Waals surface area (Å²) in [6.07, 6.45) is 76.4. The van der Waals surface area contributed by atoms with Crippen molar-refractivity contribution in [2.24, 2.45) is 0 Å². The van der Waals surface area contributed by atoms with E-state index in [9.17, 15) is 9.59 Å². The van der Waals surface area contributed by atoms with E-state index in [1.807, 2.05) is 18.2 Å². The van der Waals surface area contributed by atoms with Crippen LogP contribution < -0.4 is 0 Å². The molecule has 5 nitrogen and oxygen atoms in total. The molecular weight excluding hydrogens is 789 g/mol. The number of carbonyl (C=O) groups excluding carboxylic acids is 2. The minimum Gasteiger partial charge on any atom is -0.462 e. The summed E-state index contributed by atoms with van der Waals surface area (Å²) in [4.78, 5) is 25.3. The highest BCUT2D eigenvalue weighted by Gasteiger charge is 2.17. The van der Waals surface area contributed by atoms with Gasteiger partial charge in [-0.2, -0.15) is 0 Å². The van der Waals surface area contributed by atoms with Crippen molar-refractivity contribution in [1.82, 2.24) is 0 Å². The molecule has 1 unspecified atom stereocenters. The largest absolute Gasteiger partial charge is 0.462 e. The molecule has 0 radical (unpaired) electrons. The Labute approximate surface area is 394 Å². The van der Waals surface area contributed by atoms with E-state index in [1.165, 1.54) is 77.0 Å². The zero-order valence-electron chi connectivity index (χ0n) is 41.2. The molecule has 0 N–H and O–H groups in total. The van der Waals surface area contributed by atoms with Crippen LogP contribution in [0.2, 0.25) is 0 Å². The van der Waals surface area contributed by atoms with Crippen LogP contribution in [0, 0.1) is 0 Å². The van der Waals surface area contributed by atoms with Gasteiger partial charge in [0.2, 0.25) is 0 Å². The SMILES string of the molecule is CC/C=C\C/C=C\C/C=C\C/C=C\C/C=C\C/C=C\CCC(=O)OCC(COCCCCCCCCCCCCCCCC)OC(=O)C/C=C\C/C=C\C/C=C\C/C=C\C/C=C\CC. The average molecular weight is 883 g/mol. The van der Waals surface area contributed by atoms with E-state index in [2.05, 4.69) is 136 Å². The molecule has 0 aliphatic carbocycles. The van der Waals surface area contributed by atoms with E-state index in [4.69, 9.17) is 14.2 Å². The molecule has 360 valence electrons. The highest BCUT2D eigenvalue weighted by Crippen LogP contribution is 2.13. The third-order valence-electron chi connectivity index (χ3n) is 10.2. The van der Waals surface area contributed by atoms with Gasteiger partial charge < -0.3 is 14.2 Å². The van der Waals surface area contributed by atoms with Crippen LogP contribution in [-0.4, -0.2) is 37.9 Å². The van der Waals surface area contributed by atoms with Crippen molar-refractivity contribution < 1.29 is 23.8 Å². The fourth-order valence-corrected chi connectivity index (χ4v) is 6.49. The highest BCUT2D eigenvalue weighted by atomic mass is 16.6. The van der Waals surface area contributed by atoms with Gasteiger partial charge >= 0.3 is 11.9 Å². The van der Waals surface area contributed by atoms with Crippen molar-refractivity contribution in [3.63, 3.8) is 0 Å². The van der Waals surface area contributed by atoms with Gasteiger partial charge in [0.15, 0.2) is 6.10 Å². The molecule has 0 saturated carbocycles. The molecule has 64 heavy (non-hydrogen) atoms. The van der Waals surface area contributed by atoms with Gasteiger partial charge in [0.1, 0.15) is 6.61 Å². The summed E-state index contributed by atoms with van der Waals surface area (Å²) in [6, 6.07) is 0. The quantitative estimate of drug-likeness (QED) is 0.0346. The second-order valence-electron chi connectivity index (χ2n) is 16.3. The lowest BCUT2D eigenvalue weighted by molar-refractivity contribution is -0.162. The van der Waals surface area contributed by atoms with Crippen LogP contribution in [-0.2, 0) is 23.8 Å². The van der Waals surface area contributed by atoms with Crippen LogP contribution >= 0.6 is 0 Å². The van der Waals surface area contributed by atoms with Crippen molar-refractivity contribution in [1.29, 1.82) is 0 Å². The molecular formula is C59H94O5. The number of ether oxygens (including phenoxy) is 3. The third-order valence-corrected chi connectivity index (χ3v) is 10.2. The number of hydrogen-bond acceptors (Lipinski definition) is 5. The van der Waals surface area contributed by atoms with Gasteiger partial charge in [-0.05, 0) is 83.5 Å². The summed E-state index contributed by atoms with van der Waals surface area (Å²) >= 11 is 0. The first-order valence-electron chi connectivity index (χ1n) is 25.7. The average Bonchev–Trinajstić information content (AvgIpc) is 3.30. The smallest absolute Gasteiger partial charge is 0.310 e. The number of hydrogen-bond donors (Lipinski definition) is 0. The standard InChI is InChI=1S/C59H94O5/c1-4-7-10-13-16-19-22-25-28-29-30-31-33-34-37-40-43-46-49-52-58(60)63-56-57(55-62-54-51-48-45-42-39-36-27-24-21-18-15-12-9-6-3)64-59(61)53-50-47-44-41-38-35-32-26-23-20-17-14-11-8-5-2/h7-8,10-11,16-17,19-20,25-26,28,30-32,34,37-38,41,43,46-47,50,57H,4-6,9,12-15,18,21-24,27,29,33,35-36,39-40,42,44-45,48-49,51-56H2,1-3H3/b10-7-,11-8-,19-16-,20-17-,28-25-,31-30-,32-26-,37-34-,41-38-,46-43-,50-47-. The summed E-state index contributed by atoms with van der Waals surface area (Å²) in [7, 11) is 0. The van der Waals surface area contributed by atoms with Gasteiger partial charge in [-0.15, -0.1) is 0 Å². The van der Waals surface area contributed by atoms with Crippen LogP contribution in [0.15, 0.2) is 134 Å². The van der Waals surface area contributed by atoms with E-state index < -0.39 is 6.10 Å². The fourth-order valence-electron chi connectivity index (χ4n) is 6.49. The zero-order valence-corrected chi connectivity index (χ0v) is 41.2. The van der Waals surface area contributed by atoms with Gasteiger partial charge in [-0.25, -0.2) is 0 Å². The Bertz CT molecular complexity index is 1370. The Balaban J connectivity index is 4.52. The highest BCUT2D eigenvalue weighted by molar-refractivity contribution is 5.71. The monoisotopic (exact) mass is 883 g/mol. The van der Waals surface area contributed by atoms with Gasteiger partial charge in [-0.1, -0.05) is 238 Å². The van der Waals surface area contributed by atoms with Crippen molar-refractivity contribution in [2.45, 2.75) is 207 Å². The zero-order chi connectivity index (χ0) is 46.3. The fraction of sp³-hybridized carbons (Fsp3) is 0.593. The van der Waals surface area contributed by atoms with E-state index >= 15 is 0 Å². The van der Waals surface area contributed by atoms with Crippen molar-refractivity contribution in [2.75, 3.05) is 19.8 Å². The van der Waals surface area contributed by atoms with Crippen molar-refractivity contribution in [3.8, 4) is 0 Å². The Morgan fingerprint density at radius 1 is 0.375 bits per heavy atom. The first kappa shape index (κ1) is 60.0. The summed E-state index contributed by atoms with van der Waals surface area (Å²) in [5.41, 5.74) is 0. The lowest BCUT2D eigenvalue weighted by Crippen LogP contribution is -2.29. The lowest BCUT2D eigenvalue weighted by Gasteiger charge is -2.18. The van der Waals surface area contributed by atoms with Gasteiger partial charge in [0.05, 0.1) is 13.0 Å². The summed E-state index contributed by atoms with van der Waals surface area (Å²) in [5.74, 6) is -0.647. The second-order valence-corrected chi connectivity index (χ2v) is 16.3. The summed E-state index contributed by atoms with van der Waals surface area (Å²) in [5, 5.41) is 0. The predicted molar refractivity (Wildman–Crippen MR) is 278 cm³/mol. The Morgan fingerprint density at radius 2 is 0.719 bits per heavy atom.